The zero-order valence-electron chi connectivity index (χ0n) is 13.3. The van der Waals surface area contributed by atoms with Gasteiger partial charge in [-0.2, -0.15) is 0 Å². The van der Waals surface area contributed by atoms with Crippen LogP contribution >= 0.6 is 24.0 Å². The minimum Gasteiger partial charge on any atom is -0.396 e. The van der Waals surface area contributed by atoms with Gasteiger partial charge < -0.3 is 20.3 Å². The Bertz CT molecular complexity index is 601. The number of nitrogens with one attached hydrogen (secondary N) is 2. The minimum atomic E-state index is 0. The first-order chi connectivity index (χ1) is 10.7. The van der Waals surface area contributed by atoms with Gasteiger partial charge in [-0.1, -0.05) is 30.3 Å². The fraction of sp³-hybridized carbons (Fsp3) is 0.400. The van der Waals surface area contributed by atoms with Gasteiger partial charge in [0.15, 0.2) is 11.8 Å². The highest BCUT2D eigenvalue weighted by Crippen LogP contribution is 2.13. The Hall–Kier alpha value is -1.68. The summed E-state index contributed by atoms with van der Waals surface area (Å²) in [5, 5.41) is 23.8. The zero-order chi connectivity index (χ0) is 15.8. The largest absolute Gasteiger partial charge is 0.396 e. The van der Waals surface area contributed by atoms with Crippen molar-refractivity contribution >= 4 is 29.9 Å². The number of aliphatic hydroxyl groups excluding tert-OH is 1. The normalized spacial score (nSPS) is 12.4. The Kier molecular flexibility index (Phi) is 8.56. The molecule has 1 atom stereocenters. The molecule has 0 fully saturated rings. The zero-order valence-corrected chi connectivity index (χ0v) is 15.6. The third kappa shape index (κ3) is 5.79. The van der Waals surface area contributed by atoms with Gasteiger partial charge in [0.25, 0.3) is 0 Å². The number of rotatable bonds is 6. The summed E-state index contributed by atoms with van der Waals surface area (Å²) in [4.78, 5) is 4.17. The van der Waals surface area contributed by atoms with Crippen LogP contribution in [0.2, 0.25) is 0 Å². The van der Waals surface area contributed by atoms with Crippen molar-refractivity contribution in [3.63, 3.8) is 0 Å². The van der Waals surface area contributed by atoms with Crippen molar-refractivity contribution in [1.29, 1.82) is 0 Å². The quantitative estimate of drug-likeness (QED) is 0.360. The van der Waals surface area contributed by atoms with E-state index in [1.54, 1.807) is 13.4 Å². The molecule has 0 aliphatic rings. The van der Waals surface area contributed by atoms with Crippen LogP contribution in [-0.4, -0.2) is 46.0 Å². The van der Waals surface area contributed by atoms with Crippen molar-refractivity contribution in [1.82, 2.24) is 25.4 Å². The van der Waals surface area contributed by atoms with Crippen molar-refractivity contribution < 1.29 is 5.11 Å². The van der Waals surface area contributed by atoms with Gasteiger partial charge in [0.1, 0.15) is 6.33 Å². The maximum atomic E-state index is 9.56. The standard InChI is InChI=1S/C15H22N6O.HI/c1-16-15(18-9-14-20-19-11-21(14)2)17-8-13(10-22)12-6-4-3-5-7-12;/h3-7,11,13,22H,8-10H2,1-2H3,(H2,16,17,18);1H. The molecule has 1 unspecified atom stereocenters. The van der Waals surface area contributed by atoms with Crippen molar-refractivity contribution in [2.45, 2.75) is 12.5 Å². The van der Waals surface area contributed by atoms with Crippen molar-refractivity contribution in [3.05, 3.63) is 48.0 Å². The number of guanidine groups is 1. The van der Waals surface area contributed by atoms with E-state index in [-0.39, 0.29) is 36.5 Å². The molecule has 2 rings (SSSR count). The molecule has 1 heterocycles. The van der Waals surface area contributed by atoms with Crippen molar-refractivity contribution in [2.24, 2.45) is 12.0 Å². The van der Waals surface area contributed by atoms with Crippen LogP contribution in [0.3, 0.4) is 0 Å². The average Bonchev–Trinajstić information content (AvgIpc) is 2.97. The number of aryl methyl sites for hydroxylation is 1. The molecule has 0 saturated carbocycles. The summed E-state index contributed by atoms with van der Waals surface area (Å²) in [6, 6.07) is 9.93. The van der Waals surface area contributed by atoms with Crippen LogP contribution in [0, 0.1) is 0 Å². The first-order valence-corrected chi connectivity index (χ1v) is 7.17. The van der Waals surface area contributed by atoms with Gasteiger partial charge in [0, 0.05) is 26.6 Å². The van der Waals surface area contributed by atoms with Gasteiger partial charge in [-0.05, 0) is 5.56 Å². The van der Waals surface area contributed by atoms with Crippen LogP contribution < -0.4 is 10.6 Å². The van der Waals surface area contributed by atoms with Crippen molar-refractivity contribution in [2.75, 3.05) is 20.2 Å². The van der Waals surface area contributed by atoms with E-state index >= 15 is 0 Å². The lowest BCUT2D eigenvalue weighted by Crippen LogP contribution is -2.39. The van der Waals surface area contributed by atoms with Crippen LogP contribution in [0.1, 0.15) is 17.3 Å². The molecule has 0 bridgehead atoms. The van der Waals surface area contributed by atoms with Gasteiger partial charge >= 0.3 is 0 Å². The minimum absolute atomic E-state index is 0. The summed E-state index contributed by atoms with van der Waals surface area (Å²) in [7, 11) is 3.60. The van der Waals surface area contributed by atoms with E-state index in [0.717, 1.165) is 11.4 Å². The number of hydrogen-bond donors (Lipinski definition) is 3. The molecule has 1 aromatic heterocycles. The summed E-state index contributed by atoms with van der Waals surface area (Å²) in [6.07, 6.45) is 1.66. The second-order valence-corrected chi connectivity index (χ2v) is 4.95. The number of nitrogens with zero attached hydrogens (tertiary/aromatic N) is 4. The van der Waals surface area contributed by atoms with Gasteiger partial charge in [0.05, 0.1) is 13.2 Å². The molecule has 0 aliphatic carbocycles. The lowest BCUT2D eigenvalue weighted by atomic mass is 10.0. The topological polar surface area (TPSA) is 87.4 Å². The van der Waals surface area contributed by atoms with E-state index < -0.39 is 0 Å². The smallest absolute Gasteiger partial charge is 0.191 e. The summed E-state index contributed by atoms with van der Waals surface area (Å²) in [5.74, 6) is 1.51. The molecule has 1 aromatic carbocycles. The molecule has 8 heteroatoms. The van der Waals surface area contributed by atoms with Gasteiger partial charge in [0.2, 0.25) is 0 Å². The summed E-state index contributed by atoms with van der Waals surface area (Å²) < 4.78 is 1.85. The molecule has 0 saturated heterocycles. The Morgan fingerprint density at radius 1 is 1.30 bits per heavy atom. The molecule has 0 amide bonds. The molecule has 0 aliphatic heterocycles. The highest BCUT2D eigenvalue weighted by molar-refractivity contribution is 14.0. The SMILES string of the molecule is CN=C(NCc1nncn1C)NCC(CO)c1ccccc1.I. The molecule has 23 heavy (non-hydrogen) atoms. The molecular weight excluding hydrogens is 407 g/mol. The summed E-state index contributed by atoms with van der Waals surface area (Å²) in [5.41, 5.74) is 1.10. The van der Waals surface area contributed by atoms with Crippen LogP contribution in [0.4, 0.5) is 0 Å². The van der Waals surface area contributed by atoms with E-state index in [9.17, 15) is 5.11 Å². The summed E-state index contributed by atoms with van der Waals surface area (Å²) >= 11 is 0. The highest BCUT2D eigenvalue weighted by Gasteiger charge is 2.11. The van der Waals surface area contributed by atoms with E-state index in [4.69, 9.17) is 0 Å². The molecule has 2 aromatic rings. The van der Waals surface area contributed by atoms with Crippen LogP contribution in [0.5, 0.6) is 0 Å². The lowest BCUT2D eigenvalue weighted by Gasteiger charge is -2.18. The molecular formula is C15H23IN6O. The second-order valence-electron chi connectivity index (χ2n) is 4.95. The Morgan fingerprint density at radius 3 is 2.61 bits per heavy atom. The third-order valence-electron chi connectivity index (χ3n) is 3.45. The first-order valence-electron chi connectivity index (χ1n) is 7.17. The Labute approximate surface area is 153 Å². The van der Waals surface area contributed by atoms with E-state index in [2.05, 4.69) is 25.8 Å². The third-order valence-corrected chi connectivity index (χ3v) is 3.45. The van der Waals surface area contributed by atoms with Crippen LogP contribution in [0.25, 0.3) is 0 Å². The fourth-order valence-corrected chi connectivity index (χ4v) is 2.08. The monoisotopic (exact) mass is 430 g/mol. The maximum absolute atomic E-state index is 9.56. The molecule has 0 radical (unpaired) electrons. The number of benzene rings is 1. The highest BCUT2D eigenvalue weighted by atomic mass is 127. The average molecular weight is 430 g/mol. The summed E-state index contributed by atoms with van der Waals surface area (Å²) in [6.45, 7) is 1.21. The van der Waals surface area contributed by atoms with Crippen molar-refractivity contribution in [3.8, 4) is 0 Å². The molecule has 0 spiro atoms. The number of hydrogen-bond acceptors (Lipinski definition) is 4. The molecule has 7 nitrogen and oxygen atoms in total. The van der Waals surface area contributed by atoms with E-state index in [1.165, 1.54) is 0 Å². The van der Waals surface area contributed by atoms with Gasteiger partial charge in [-0.3, -0.25) is 4.99 Å². The first kappa shape index (κ1) is 19.4. The molecule has 126 valence electrons. The maximum Gasteiger partial charge on any atom is 0.191 e. The van der Waals surface area contributed by atoms with E-state index in [1.807, 2.05) is 41.9 Å². The molecule has 3 N–H and O–H groups in total. The number of halogens is 1. The predicted molar refractivity (Wildman–Crippen MR) is 101 cm³/mol. The van der Waals surface area contributed by atoms with Gasteiger partial charge in [-0.15, -0.1) is 34.2 Å². The Morgan fingerprint density at radius 2 is 2.04 bits per heavy atom. The van der Waals surface area contributed by atoms with Crippen LogP contribution in [-0.2, 0) is 13.6 Å². The van der Waals surface area contributed by atoms with Crippen LogP contribution in [0.15, 0.2) is 41.7 Å². The van der Waals surface area contributed by atoms with E-state index in [0.29, 0.717) is 19.0 Å². The lowest BCUT2D eigenvalue weighted by molar-refractivity contribution is 0.265. The fourth-order valence-electron chi connectivity index (χ4n) is 2.08. The Balaban J connectivity index is 0.00000264. The second kappa shape index (κ2) is 10.2. The van der Waals surface area contributed by atoms with Gasteiger partial charge in [-0.25, -0.2) is 0 Å². The predicted octanol–water partition coefficient (Wildman–Crippen LogP) is 0.874. The number of aromatic nitrogens is 3. The number of aliphatic hydroxyl groups is 1. The number of aliphatic imine (C=N–C) groups is 1.